The molecule has 4 heterocycles. The molecule has 34 heavy (non-hydrogen) atoms. The Hall–Kier alpha value is -3.30. The van der Waals surface area contributed by atoms with Gasteiger partial charge in [-0.1, -0.05) is 0 Å². The summed E-state index contributed by atoms with van der Waals surface area (Å²) in [6.07, 6.45) is 6.92. The maximum atomic E-state index is 11.5. The van der Waals surface area contributed by atoms with E-state index in [4.69, 9.17) is 15.2 Å². The Labute approximate surface area is 198 Å². The Morgan fingerprint density at radius 3 is 2.85 bits per heavy atom. The summed E-state index contributed by atoms with van der Waals surface area (Å²) in [5, 5.41) is 6.37. The molecular weight excluding hydrogens is 432 g/mol. The molecule has 9 heteroatoms. The Bertz CT molecular complexity index is 1180. The summed E-state index contributed by atoms with van der Waals surface area (Å²) in [6, 6.07) is 10.1. The number of hydrogen-bond acceptors (Lipinski definition) is 8. The molecule has 1 amide bonds. The average Bonchev–Trinajstić information content (AvgIpc) is 2.87. The molecule has 0 unspecified atom stereocenters. The molecule has 0 bridgehead atoms. The quantitative estimate of drug-likeness (QED) is 0.489. The normalized spacial score (nSPS) is 20.8. The van der Waals surface area contributed by atoms with Gasteiger partial charge in [0.05, 0.1) is 23.8 Å². The van der Waals surface area contributed by atoms with Gasteiger partial charge < -0.3 is 25.8 Å². The van der Waals surface area contributed by atoms with Crippen LogP contribution in [0.4, 0.5) is 5.82 Å². The summed E-state index contributed by atoms with van der Waals surface area (Å²) >= 11 is 0. The van der Waals surface area contributed by atoms with Crippen LogP contribution in [0.25, 0.3) is 11.0 Å². The molecule has 1 aliphatic carbocycles. The number of fused-ring (bicyclic) bond motifs is 2. The van der Waals surface area contributed by atoms with Crippen LogP contribution in [-0.2, 0) is 17.8 Å². The van der Waals surface area contributed by atoms with Gasteiger partial charge in [-0.05, 0) is 67.9 Å². The second-order valence-corrected chi connectivity index (χ2v) is 9.04. The fraction of sp³-hybridized carbons (Fsp3) is 0.440. The number of carbonyl (C=O) groups excluding carboxylic acids is 1. The predicted octanol–water partition coefficient (Wildman–Crippen LogP) is 2.58. The van der Waals surface area contributed by atoms with Crippen molar-refractivity contribution in [1.82, 2.24) is 20.3 Å². The molecule has 3 aromatic heterocycles. The summed E-state index contributed by atoms with van der Waals surface area (Å²) in [4.78, 5) is 25.1. The van der Waals surface area contributed by atoms with Crippen molar-refractivity contribution in [3.8, 4) is 11.6 Å². The minimum atomic E-state index is -0.172. The number of methoxy groups -OCH3 is 1. The van der Waals surface area contributed by atoms with Crippen LogP contribution in [0.1, 0.15) is 36.9 Å². The minimum Gasteiger partial charge on any atom is -0.481 e. The lowest BCUT2D eigenvalue weighted by atomic mass is 9.80. The van der Waals surface area contributed by atoms with E-state index in [9.17, 15) is 4.79 Å². The van der Waals surface area contributed by atoms with E-state index in [2.05, 4.69) is 25.6 Å². The molecule has 1 aliphatic heterocycles. The largest absolute Gasteiger partial charge is 0.481 e. The van der Waals surface area contributed by atoms with Crippen molar-refractivity contribution in [3.05, 3.63) is 47.8 Å². The zero-order valence-corrected chi connectivity index (χ0v) is 19.3. The highest BCUT2D eigenvalue weighted by atomic mass is 16.5. The molecule has 0 aromatic carbocycles. The smallest absolute Gasteiger partial charge is 0.263 e. The molecule has 0 spiro atoms. The molecule has 1 saturated carbocycles. The first kappa shape index (κ1) is 22.5. The number of anilines is 1. The van der Waals surface area contributed by atoms with Crippen molar-refractivity contribution in [2.75, 3.05) is 19.0 Å². The van der Waals surface area contributed by atoms with E-state index in [1.54, 1.807) is 7.11 Å². The monoisotopic (exact) mass is 462 g/mol. The molecule has 2 aliphatic rings. The van der Waals surface area contributed by atoms with Crippen molar-refractivity contribution in [2.45, 2.75) is 50.7 Å². The molecule has 1 atom stereocenters. The van der Waals surface area contributed by atoms with Crippen LogP contribution in [0.2, 0.25) is 0 Å². The highest BCUT2D eigenvalue weighted by molar-refractivity contribution is 5.94. The lowest BCUT2D eigenvalue weighted by Gasteiger charge is -2.32. The first-order valence-electron chi connectivity index (χ1n) is 11.8. The molecule has 3 aromatic rings. The third-order valence-electron chi connectivity index (χ3n) is 6.79. The van der Waals surface area contributed by atoms with E-state index in [1.807, 2.05) is 36.5 Å². The maximum absolute atomic E-state index is 11.5. The van der Waals surface area contributed by atoms with E-state index in [-0.39, 0.29) is 18.6 Å². The first-order valence-corrected chi connectivity index (χ1v) is 11.8. The number of carbonyl (C=O) groups is 1. The third-order valence-corrected chi connectivity index (χ3v) is 6.79. The third kappa shape index (κ3) is 4.95. The fourth-order valence-corrected chi connectivity index (χ4v) is 4.86. The van der Waals surface area contributed by atoms with E-state index in [0.29, 0.717) is 36.0 Å². The number of nitrogens with one attached hydrogen (secondary N) is 2. The van der Waals surface area contributed by atoms with Crippen LogP contribution in [0.15, 0.2) is 36.5 Å². The zero-order valence-electron chi connectivity index (χ0n) is 19.3. The lowest BCUT2D eigenvalue weighted by Crippen LogP contribution is -2.39. The SMILES string of the molecule is COc1ccc2nccc(C[C@H](N)C3CCC(NCc4ccc5c(n4)NC(=O)CO5)CC3)c2n1. The van der Waals surface area contributed by atoms with Gasteiger partial charge in [0.15, 0.2) is 18.2 Å². The number of nitrogens with two attached hydrogens (primary N) is 1. The Morgan fingerprint density at radius 1 is 1.18 bits per heavy atom. The van der Waals surface area contributed by atoms with Gasteiger partial charge in [0, 0.05) is 30.9 Å². The molecule has 0 saturated heterocycles. The standard InChI is InChI=1S/C25H30N6O3/c1-33-23-9-7-20-24(31-23)16(10-11-27-20)12-19(26)15-2-4-17(5-3-15)28-13-18-6-8-21-25(29-18)30-22(32)14-34-21/h6-11,15,17,19,28H,2-5,12-14,26H2,1H3,(H,29,30,32)/t15?,17?,19-/m0/s1. The van der Waals surface area contributed by atoms with Crippen molar-refractivity contribution in [1.29, 1.82) is 0 Å². The Balaban J connectivity index is 1.14. The number of ether oxygens (including phenoxy) is 2. The lowest BCUT2D eigenvalue weighted by molar-refractivity contribution is -0.118. The van der Waals surface area contributed by atoms with Gasteiger partial charge >= 0.3 is 0 Å². The predicted molar refractivity (Wildman–Crippen MR) is 129 cm³/mol. The number of amides is 1. The van der Waals surface area contributed by atoms with E-state index in [0.717, 1.165) is 54.4 Å². The molecule has 9 nitrogen and oxygen atoms in total. The van der Waals surface area contributed by atoms with Gasteiger partial charge in [-0.2, -0.15) is 0 Å². The highest BCUT2D eigenvalue weighted by Crippen LogP contribution is 2.30. The van der Waals surface area contributed by atoms with Crippen LogP contribution in [0.5, 0.6) is 11.6 Å². The molecule has 4 N–H and O–H groups in total. The topological polar surface area (TPSA) is 124 Å². The van der Waals surface area contributed by atoms with Crippen LogP contribution in [0.3, 0.4) is 0 Å². The van der Waals surface area contributed by atoms with Gasteiger partial charge in [-0.3, -0.25) is 9.78 Å². The summed E-state index contributed by atoms with van der Waals surface area (Å²) < 4.78 is 10.7. The van der Waals surface area contributed by atoms with Gasteiger partial charge in [0.25, 0.3) is 5.91 Å². The Morgan fingerprint density at radius 2 is 2.03 bits per heavy atom. The number of pyridine rings is 3. The number of rotatable bonds is 7. The number of aromatic nitrogens is 3. The molecule has 1 fully saturated rings. The van der Waals surface area contributed by atoms with Crippen molar-refractivity contribution < 1.29 is 14.3 Å². The molecule has 5 rings (SSSR count). The molecular formula is C25H30N6O3. The number of hydrogen-bond donors (Lipinski definition) is 3. The average molecular weight is 463 g/mol. The van der Waals surface area contributed by atoms with Gasteiger partial charge in [-0.15, -0.1) is 0 Å². The Kier molecular flexibility index (Phi) is 6.55. The van der Waals surface area contributed by atoms with E-state index < -0.39 is 0 Å². The van der Waals surface area contributed by atoms with Crippen molar-refractivity contribution in [3.63, 3.8) is 0 Å². The first-order chi connectivity index (χ1) is 16.6. The van der Waals surface area contributed by atoms with Crippen molar-refractivity contribution in [2.24, 2.45) is 11.7 Å². The van der Waals surface area contributed by atoms with E-state index >= 15 is 0 Å². The zero-order chi connectivity index (χ0) is 23.5. The van der Waals surface area contributed by atoms with Crippen LogP contribution in [-0.4, -0.2) is 46.7 Å². The van der Waals surface area contributed by atoms with E-state index in [1.165, 1.54) is 0 Å². The second-order valence-electron chi connectivity index (χ2n) is 9.04. The van der Waals surface area contributed by atoms with Crippen LogP contribution in [0, 0.1) is 5.92 Å². The molecule has 0 radical (unpaired) electrons. The fourth-order valence-electron chi connectivity index (χ4n) is 4.86. The minimum absolute atomic E-state index is 0.0414. The highest BCUT2D eigenvalue weighted by Gasteiger charge is 2.26. The van der Waals surface area contributed by atoms with Crippen molar-refractivity contribution >= 4 is 22.8 Å². The summed E-state index contributed by atoms with van der Waals surface area (Å²) in [5.74, 6) is 2.01. The summed E-state index contributed by atoms with van der Waals surface area (Å²) in [5.41, 5.74) is 10.4. The van der Waals surface area contributed by atoms with Gasteiger partial charge in [0.2, 0.25) is 5.88 Å². The second kappa shape index (κ2) is 9.90. The molecule has 178 valence electrons. The van der Waals surface area contributed by atoms with Gasteiger partial charge in [-0.25, -0.2) is 9.97 Å². The summed E-state index contributed by atoms with van der Waals surface area (Å²) in [6.45, 7) is 0.695. The van der Waals surface area contributed by atoms with Gasteiger partial charge in [0.1, 0.15) is 0 Å². The number of nitrogens with zero attached hydrogens (tertiary/aromatic N) is 3. The van der Waals surface area contributed by atoms with Crippen LogP contribution >= 0.6 is 0 Å². The maximum Gasteiger partial charge on any atom is 0.263 e. The van der Waals surface area contributed by atoms with Crippen LogP contribution < -0.4 is 25.8 Å². The summed E-state index contributed by atoms with van der Waals surface area (Å²) in [7, 11) is 1.62.